The molecule has 2 aromatic rings. The van der Waals surface area contributed by atoms with Crippen molar-refractivity contribution in [2.24, 2.45) is 0 Å². The minimum absolute atomic E-state index is 0.0490. The van der Waals surface area contributed by atoms with E-state index in [2.05, 4.69) is 36.6 Å². The van der Waals surface area contributed by atoms with Gasteiger partial charge in [-0.2, -0.15) is 0 Å². The largest absolute Gasteiger partial charge is 0.376 e. The van der Waals surface area contributed by atoms with E-state index in [1.165, 1.54) is 16.7 Å². The van der Waals surface area contributed by atoms with Crippen LogP contribution in [0, 0.1) is 20.8 Å². The molecule has 104 valence electrons. The smallest absolute Gasteiger partial charge is 0.243 e. The average Bonchev–Trinajstić information content (AvgIpc) is 2.43. The number of rotatable bonds is 4. The summed E-state index contributed by atoms with van der Waals surface area (Å²) in [5.41, 5.74) is 5.43. The number of hydrogen-bond donors (Lipinski definition) is 2. The van der Waals surface area contributed by atoms with E-state index in [1.54, 1.807) is 0 Å². The van der Waals surface area contributed by atoms with Crippen LogP contribution in [0.4, 0.5) is 11.4 Å². The first-order chi connectivity index (χ1) is 9.54. The molecule has 2 aromatic carbocycles. The summed E-state index contributed by atoms with van der Waals surface area (Å²) in [6.45, 7) is 6.42. The fraction of sp³-hybridized carbons (Fsp3) is 0.235. The van der Waals surface area contributed by atoms with Gasteiger partial charge in [0.1, 0.15) is 0 Å². The zero-order valence-corrected chi connectivity index (χ0v) is 12.2. The van der Waals surface area contributed by atoms with Gasteiger partial charge < -0.3 is 10.6 Å². The second kappa shape index (κ2) is 6.24. The Morgan fingerprint density at radius 3 is 2.20 bits per heavy atom. The van der Waals surface area contributed by atoms with Gasteiger partial charge in [0.15, 0.2) is 0 Å². The molecule has 0 aliphatic carbocycles. The van der Waals surface area contributed by atoms with Crippen molar-refractivity contribution in [3.8, 4) is 0 Å². The molecular formula is C17H20N2O. The zero-order valence-electron chi connectivity index (χ0n) is 12.2. The Balaban J connectivity index is 1.88. The van der Waals surface area contributed by atoms with Crippen molar-refractivity contribution in [2.75, 3.05) is 17.2 Å². The highest BCUT2D eigenvalue weighted by molar-refractivity contribution is 5.93. The van der Waals surface area contributed by atoms with Crippen LogP contribution in [0.5, 0.6) is 0 Å². The van der Waals surface area contributed by atoms with Crippen LogP contribution < -0.4 is 10.6 Å². The van der Waals surface area contributed by atoms with Crippen LogP contribution in [0.3, 0.4) is 0 Å². The number of nitrogens with one attached hydrogen (secondary N) is 2. The molecule has 0 saturated carbocycles. The van der Waals surface area contributed by atoms with Crippen LogP contribution >= 0.6 is 0 Å². The van der Waals surface area contributed by atoms with Crippen molar-refractivity contribution in [3.05, 3.63) is 59.2 Å². The van der Waals surface area contributed by atoms with Crippen LogP contribution in [0.25, 0.3) is 0 Å². The number of carbonyl (C=O) groups excluding carboxylic acids is 1. The summed E-state index contributed by atoms with van der Waals surface area (Å²) in [5.74, 6) is -0.0490. The van der Waals surface area contributed by atoms with Gasteiger partial charge in [-0.05, 0) is 56.2 Å². The van der Waals surface area contributed by atoms with Crippen molar-refractivity contribution in [1.29, 1.82) is 0 Å². The molecule has 0 radical (unpaired) electrons. The van der Waals surface area contributed by atoms with E-state index >= 15 is 0 Å². The molecule has 0 bridgehead atoms. The van der Waals surface area contributed by atoms with Crippen LogP contribution in [0.15, 0.2) is 42.5 Å². The number of hydrogen-bond acceptors (Lipinski definition) is 2. The molecule has 3 nitrogen and oxygen atoms in total. The maximum Gasteiger partial charge on any atom is 0.243 e. The SMILES string of the molecule is Cc1ccc(NC(=O)CNc2ccc(C)c(C)c2)cc1. The molecule has 2 rings (SSSR count). The minimum atomic E-state index is -0.0490. The second-order valence-electron chi connectivity index (χ2n) is 5.07. The molecule has 2 N–H and O–H groups in total. The van der Waals surface area contributed by atoms with E-state index in [0.29, 0.717) is 0 Å². The highest BCUT2D eigenvalue weighted by atomic mass is 16.1. The van der Waals surface area contributed by atoms with Crippen LogP contribution in [-0.2, 0) is 4.79 Å². The standard InChI is InChI=1S/C17H20N2O/c1-12-4-7-15(8-5-12)19-17(20)11-18-16-9-6-13(2)14(3)10-16/h4-10,18H,11H2,1-3H3,(H,19,20). The Bertz CT molecular complexity index is 603. The lowest BCUT2D eigenvalue weighted by molar-refractivity contribution is -0.114. The molecule has 0 fully saturated rings. The first-order valence-electron chi connectivity index (χ1n) is 6.72. The maximum absolute atomic E-state index is 11.8. The van der Waals surface area contributed by atoms with Gasteiger partial charge in [-0.25, -0.2) is 0 Å². The minimum Gasteiger partial charge on any atom is -0.376 e. The molecule has 0 aromatic heterocycles. The molecule has 0 spiro atoms. The van der Waals surface area contributed by atoms with Crippen molar-refractivity contribution >= 4 is 17.3 Å². The van der Waals surface area contributed by atoms with Gasteiger partial charge >= 0.3 is 0 Å². The predicted molar refractivity (Wildman–Crippen MR) is 84.2 cm³/mol. The molecule has 0 unspecified atom stereocenters. The molecule has 1 amide bonds. The number of aryl methyl sites for hydroxylation is 3. The van der Waals surface area contributed by atoms with E-state index in [1.807, 2.05) is 37.3 Å². The van der Waals surface area contributed by atoms with Crippen molar-refractivity contribution in [1.82, 2.24) is 0 Å². The Labute approximate surface area is 120 Å². The summed E-state index contributed by atoms with van der Waals surface area (Å²) in [6, 6.07) is 13.9. The molecule has 0 heterocycles. The third-order valence-electron chi connectivity index (χ3n) is 3.30. The van der Waals surface area contributed by atoms with Crippen molar-refractivity contribution < 1.29 is 4.79 Å². The lowest BCUT2D eigenvalue weighted by Crippen LogP contribution is -2.21. The van der Waals surface area contributed by atoms with E-state index < -0.39 is 0 Å². The number of carbonyl (C=O) groups is 1. The molecule has 0 atom stereocenters. The van der Waals surface area contributed by atoms with E-state index in [0.717, 1.165) is 11.4 Å². The lowest BCUT2D eigenvalue weighted by Gasteiger charge is -2.09. The normalized spacial score (nSPS) is 10.2. The molecule has 0 aliphatic heterocycles. The molecule has 0 aliphatic rings. The van der Waals surface area contributed by atoms with Crippen molar-refractivity contribution in [3.63, 3.8) is 0 Å². The Kier molecular flexibility index (Phi) is 4.41. The highest BCUT2D eigenvalue weighted by Gasteiger charge is 2.02. The van der Waals surface area contributed by atoms with E-state index in [9.17, 15) is 4.79 Å². The number of amides is 1. The lowest BCUT2D eigenvalue weighted by atomic mass is 10.1. The Morgan fingerprint density at radius 2 is 1.55 bits per heavy atom. The Hall–Kier alpha value is -2.29. The van der Waals surface area contributed by atoms with Crippen LogP contribution in [0.1, 0.15) is 16.7 Å². The summed E-state index contributed by atoms with van der Waals surface area (Å²) < 4.78 is 0. The molecule has 3 heteroatoms. The highest BCUT2D eigenvalue weighted by Crippen LogP contribution is 2.14. The first kappa shape index (κ1) is 14.1. The third kappa shape index (κ3) is 3.85. The predicted octanol–water partition coefficient (Wildman–Crippen LogP) is 3.66. The fourth-order valence-corrected chi connectivity index (χ4v) is 1.88. The zero-order chi connectivity index (χ0) is 14.5. The van der Waals surface area contributed by atoms with Crippen LogP contribution in [-0.4, -0.2) is 12.5 Å². The number of anilines is 2. The number of benzene rings is 2. The van der Waals surface area contributed by atoms with Gasteiger partial charge in [-0.3, -0.25) is 4.79 Å². The van der Waals surface area contributed by atoms with Gasteiger partial charge in [0.05, 0.1) is 6.54 Å². The summed E-state index contributed by atoms with van der Waals surface area (Å²) in [6.07, 6.45) is 0. The van der Waals surface area contributed by atoms with Crippen LogP contribution in [0.2, 0.25) is 0 Å². The third-order valence-corrected chi connectivity index (χ3v) is 3.30. The Morgan fingerprint density at radius 1 is 0.900 bits per heavy atom. The molecular weight excluding hydrogens is 248 g/mol. The average molecular weight is 268 g/mol. The van der Waals surface area contributed by atoms with Gasteiger partial charge in [0, 0.05) is 11.4 Å². The molecule has 0 saturated heterocycles. The van der Waals surface area contributed by atoms with Gasteiger partial charge in [-0.15, -0.1) is 0 Å². The summed E-state index contributed by atoms with van der Waals surface area (Å²) >= 11 is 0. The van der Waals surface area contributed by atoms with Gasteiger partial charge in [0.25, 0.3) is 0 Å². The topological polar surface area (TPSA) is 41.1 Å². The summed E-state index contributed by atoms with van der Waals surface area (Å²) in [4.78, 5) is 11.8. The maximum atomic E-state index is 11.8. The quantitative estimate of drug-likeness (QED) is 0.888. The first-order valence-corrected chi connectivity index (χ1v) is 6.72. The van der Waals surface area contributed by atoms with E-state index in [-0.39, 0.29) is 12.5 Å². The fourth-order valence-electron chi connectivity index (χ4n) is 1.88. The van der Waals surface area contributed by atoms with Gasteiger partial charge in [0.2, 0.25) is 5.91 Å². The van der Waals surface area contributed by atoms with Crippen molar-refractivity contribution in [2.45, 2.75) is 20.8 Å². The second-order valence-corrected chi connectivity index (χ2v) is 5.07. The van der Waals surface area contributed by atoms with E-state index in [4.69, 9.17) is 0 Å². The monoisotopic (exact) mass is 268 g/mol. The van der Waals surface area contributed by atoms with Gasteiger partial charge in [-0.1, -0.05) is 23.8 Å². The molecule has 20 heavy (non-hydrogen) atoms. The summed E-state index contributed by atoms with van der Waals surface area (Å²) in [7, 11) is 0. The summed E-state index contributed by atoms with van der Waals surface area (Å²) in [5, 5.41) is 6.00.